The molecule has 2 aromatic carbocycles. The Labute approximate surface area is 153 Å². The minimum Gasteiger partial charge on any atom is -0.490 e. The Morgan fingerprint density at radius 2 is 1.76 bits per heavy atom. The third kappa shape index (κ3) is 5.90. The topological polar surface area (TPSA) is 42.5 Å². The zero-order valence-corrected chi connectivity index (χ0v) is 15.3. The molecule has 0 saturated carbocycles. The predicted octanol–water partition coefficient (Wildman–Crippen LogP) is 4.15. The van der Waals surface area contributed by atoms with E-state index in [2.05, 4.69) is 10.6 Å². The number of thiocarbonyl (C=S) groups is 1. The number of halogens is 1. The highest BCUT2D eigenvalue weighted by molar-refractivity contribution is 7.80. The standard InChI is InChI=1S/C19H23FN2O2S/c1-3-23-17-10-9-14(13-18(17)24-4-2)11-12-21-19(25)22-16-8-6-5-7-15(16)20/h5-10,13H,3-4,11-12H2,1-2H3,(H2,21,22,25). The van der Waals surface area contributed by atoms with Crippen molar-refractivity contribution in [3.63, 3.8) is 0 Å². The molecule has 0 amide bonds. The highest BCUT2D eigenvalue weighted by Gasteiger charge is 2.07. The number of benzene rings is 2. The molecule has 0 saturated heterocycles. The van der Waals surface area contributed by atoms with E-state index in [1.165, 1.54) is 6.07 Å². The third-order valence-corrected chi connectivity index (χ3v) is 3.68. The van der Waals surface area contributed by atoms with Gasteiger partial charge >= 0.3 is 0 Å². The van der Waals surface area contributed by atoms with Gasteiger partial charge in [-0.1, -0.05) is 18.2 Å². The lowest BCUT2D eigenvalue weighted by Crippen LogP contribution is -2.30. The van der Waals surface area contributed by atoms with Crippen molar-refractivity contribution in [3.8, 4) is 11.5 Å². The summed E-state index contributed by atoms with van der Waals surface area (Å²) < 4.78 is 24.8. The molecule has 4 nitrogen and oxygen atoms in total. The van der Waals surface area contributed by atoms with Gasteiger partial charge < -0.3 is 20.1 Å². The van der Waals surface area contributed by atoms with Crippen molar-refractivity contribution in [2.45, 2.75) is 20.3 Å². The minimum absolute atomic E-state index is 0.334. The highest BCUT2D eigenvalue weighted by atomic mass is 32.1. The van der Waals surface area contributed by atoms with Crippen LogP contribution in [0.2, 0.25) is 0 Å². The van der Waals surface area contributed by atoms with Gasteiger partial charge in [0.25, 0.3) is 0 Å². The fraction of sp³-hybridized carbons (Fsp3) is 0.316. The molecule has 2 rings (SSSR count). The van der Waals surface area contributed by atoms with Crippen LogP contribution in [-0.2, 0) is 6.42 Å². The first kappa shape index (κ1) is 19.0. The number of hydrogen-bond acceptors (Lipinski definition) is 3. The van der Waals surface area contributed by atoms with Crippen LogP contribution in [0.5, 0.6) is 11.5 Å². The number of ether oxygens (including phenoxy) is 2. The molecule has 134 valence electrons. The second kappa shape index (κ2) is 9.84. The van der Waals surface area contributed by atoms with Crippen LogP contribution in [-0.4, -0.2) is 24.9 Å². The van der Waals surface area contributed by atoms with Gasteiger partial charge in [-0.15, -0.1) is 0 Å². The van der Waals surface area contributed by atoms with Gasteiger partial charge in [-0.3, -0.25) is 0 Å². The maximum Gasteiger partial charge on any atom is 0.170 e. The Bertz CT molecular complexity index is 710. The molecule has 6 heteroatoms. The van der Waals surface area contributed by atoms with E-state index < -0.39 is 0 Å². The molecular weight excluding hydrogens is 339 g/mol. The van der Waals surface area contributed by atoms with Crippen LogP contribution >= 0.6 is 12.2 Å². The van der Waals surface area contributed by atoms with E-state index in [0.29, 0.717) is 30.6 Å². The maximum absolute atomic E-state index is 13.6. The zero-order valence-electron chi connectivity index (χ0n) is 14.5. The molecule has 0 bridgehead atoms. The quantitative estimate of drug-likeness (QED) is 0.691. The Hall–Kier alpha value is -2.34. The van der Waals surface area contributed by atoms with Crippen molar-refractivity contribution >= 4 is 23.0 Å². The molecule has 0 spiro atoms. The van der Waals surface area contributed by atoms with E-state index >= 15 is 0 Å². The summed E-state index contributed by atoms with van der Waals surface area (Å²) in [5.74, 6) is 1.16. The van der Waals surface area contributed by atoms with Crippen molar-refractivity contribution in [1.82, 2.24) is 5.32 Å². The van der Waals surface area contributed by atoms with Crippen molar-refractivity contribution in [2.75, 3.05) is 25.1 Å². The summed E-state index contributed by atoms with van der Waals surface area (Å²) in [5, 5.41) is 6.32. The molecule has 25 heavy (non-hydrogen) atoms. The average molecular weight is 362 g/mol. The maximum atomic E-state index is 13.6. The highest BCUT2D eigenvalue weighted by Crippen LogP contribution is 2.28. The number of anilines is 1. The summed E-state index contributed by atoms with van der Waals surface area (Å²) in [6, 6.07) is 12.3. The van der Waals surface area contributed by atoms with Crippen molar-refractivity contribution in [3.05, 3.63) is 53.8 Å². The first-order valence-corrected chi connectivity index (χ1v) is 8.72. The number of rotatable bonds is 8. The number of para-hydroxylation sites is 1. The monoisotopic (exact) mass is 362 g/mol. The van der Waals surface area contributed by atoms with E-state index in [0.717, 1.165) is 23.5 Å². The van der Waals surface area contributed by atoms with Crippen molar-refractivity contribution in [2.24, 2.45) is 0 Å². The SMILES string of the molecule is CCOc1ccc(CCNC(=S)Nc2ccccc2F)cc1OCC. The normalized spacial score (nSPS) is 10.2. The third-order valence-electron chi connectivity index (χ3n) is 3.43. The summed E-state index contributed by atoms with van der Waals surface area (Å²) in [4.78, 5) is 0. The van der Waals surface area contributed by atoms with Gasteiger partial charge in [-0.05, 0) is 62.3 Å². The molecule has 0 fully saturated rings. The Balaban J connectivity index is 1.87. The molecular formula is C19H23FN2O2S. The predicted molar refractivity (Wildman–Crippen MR) is 103 cm³/mol. The van der Waals surface area contributed by atoms with Crippen LogP contribution in [0, 0.1) is 5.82 Å². The van der Waals surface area contributed by atoms with Gasteiger partial charge in [0.1, 0.15) is 5.82 Å². The smallest absolute Gasteiger partial charge is 0.170 e. The minimum atomic E-state index is -0.334. The molecule has 0 aliphatic heterocycles. The largest absolute Gasteiger partial charge is 0.490 e. The van der Waals surface area contributed by atoms with Gasteiger partial charge in [-0.25, -0.2) is 4.39 Å². The van der Waals surface area contributed by atoms with E-state index in [1.807, 2.05) is 32.0 Å². The van der Waals surface area contributed by atoms with Gasteiger partial charge in [0, 0.05) is 6.54 Å². The first-order chi connectivity index (χ1) is 12.1. The number of nitrogens with one attached hydrogen (secondary N) is 2. The molecule has 0 atom stereocenters. The second-order valence-corrected chi connectivity index (χ2v) is 5.67. The zero-order chi connectivity index (χ0) is 18.1. The van der Waals surface area contributed by atoms with Crippen LogP contribution in [0.1, 0.15) is 19.4 Å². The van der Waals surface area contributed by atoms with Crippen LogP contribution in [0.25, 0.3) is 0 Å². The van der Waals surface area contributed by atoms with Gasteiger partial charge in [0.05, 0.1) is 18.9 Å². The van der Waals surface area contributed by atoms with Gasteiger partial charge in [0.15, 0.2) is 16.6 Å². The summed E-state index contributed by atoms with van der Waals surface area (Å²) in [6.45, 7) is 5.68. The molecule has 0 aromatic heterocycles. The van der Waals surface area contributed by atoms with E-state index in [-0.39, 0.29) is 5.82 Å². The van der Waals surface area contributed by atoms with Crippen molar-refractivity contribution in [1.29, 1.82) is 0 Å². The van der Waals surface area contributed by atoms with Crippen LogP contribution in [0.3, 0.4) is 0 Å². The summed E-state index contributed by atoms with van der Waals surface area (Å²) >= 11 is 5.20. The van der Waals surface area contributed by atoms with Gasteiger partial charge in [-0.2, -0.15) is 0 Å². The van der Waals surface area contributed by atoms with Crippen LogP contribution in [0.15, 0.2) is 42.5 Å². The summed E-state index contributed by atoms with van der Waals surface area (Å²) in [5.41, 5.74) is 1.47. The molecule has 0 aliphatic carbocycles. The second-order valence-electron chi connectivity index (χ2n) is 5.26. The molecule has 2 N–H and O–H groups in total. The summed E-state index contributed by atoms with van der Waals surface area (Å²) in [6.07, 6.45) is 0.756. The van der Waals surface area contributed by atoms with Crippen molar-refractivity contribution < 1.29 is 13.9 Å². The lowest BCUT2D eigenvalue weighted by Gasteiger charge is -2.13. The lowest BCUT2D eigenvalue weighted by atomic mass is 10.1. The fourth-order valence-electron chi connectivity index (χ4n) is 2.30. The lowest BCUT2D eigenvalue weighted by molar-refractivity contribution is 0.287. The van der Waals surface area contributed by atoms with E-state index in [1.54, 1.807) is 18.2 Å². The molecule has 0 unspecified atom stereocenters. The van der Waals surface area contributed by atoms with Crippen LogP contribution < -0.4 is 20.1 Å². The molecule has 2 aromatic rings. The summed E-state index contributed by atoms with van der Waals surface area (Å²) in [7, 11) is 0. The van der Waals surface area contributed by atoms with E-state index in [4.69, 9.17) is 21.7 Å². The average Bonchev–Trinajstić information content (AvgIpc) is 2.59. The number of hydrogen-bond donors (Lipinski definition) is 2. The Morgan fingerprint density at radius 3 is 2.48 bits per heavy atom. The van der Waals surface area contributed by atoms with E-state index in [9.17, 15) is 4.39 Å². The Kier molecular flexibility index (Phi) is 7.47. The molecule has 0 radical (unpaired) electrons. The van der Waals surface area contributed by atoms with Crippen LogP contribution in [0.4, 0.5) is 10.1 Å². The Morgan fingerprint density at radius 1 is 1.04 bits per heavy atom. The first-order valence-electron chi connectivity index (χ1n) is 8.32. The molecule has 0 aliphatic rings. The van der Waals surface area contributed by atoms with Gasteiger partial charge in [0.2, 0.25) is 0 Å². The fourth-order valence-corrected chi connectivity index (χ4v) is 2.51. The molecule has 0 heterocycles.